The van der Waals surface area contributed by atoms with E-state index in [2.05, 4.69) is 5.32 Å². The second kappa shape index (κ2) is 4.33. The van der Waals surface area contributed by atoms with Gasteiger partial charge < -0.3 is 15.2 Å². The maximum Gasteiger partial charge on any atom is 0.265 e. The molecule has 0 radical (unpaired) electrons. The SMILES string of the molecule is O=C1Nc2ccccc2C1(O)c1ccc(OC2CC2)cc1. The molecule has 0 spiro atoms. The van der Waals surface area contributed by atoms with Gasteiger partial charge in [0.05, 0.1) is 6.10 Å². The van der Waals surface area contributed by atoms with Crippen LogP contribution in [-0.4, -0.2) is 17.1 Å². The summed E-state index contributed by atoms with van der Waals surface area (Å²) in [7, 11) is 0. The molecule has 1 amide bonds. The lowest BCUT2D eigenvalue weighted by molar-refractivity contribution is -0.129. The molecule has 1 heterocycles. The van der Waals surface area contributed by atoms with Crippen molar-refractivity contribution in [3.63, 3.8) is 0 Å². The number of ether oxygens (including phenoxy) is 1. The van der Waals surface area contributed by atoms with E-state index in [0.29, 0.717) is 22.9 Å². The van der Waals surface area contributed by atoms with Crippen molar-refractivity contribution in [1.29, 1.82) is 0 Å². The first-order valence-electron chi connectivity index (χ1n) is 7.08. The third kappa shape index (κ3) is 1.91. The van der Waals surface area contributed by atoms with Crippen LogP contribution in [0.3, 0.4) is 0 Å². The number of aliphatic hydroxyl groups is 1. The number of anilines is 1. The summed E-state index contributed by atoms with van der Waals surface area (Å²) in [6.45, 7) is 0. The van der Waals surface area contributed by atoms with Crippen molar-refractivity contribution >= 4 is 11.6 Å². The second-order valence-electron chi connectivity index (χ2n) is 5.55. The minimum atomic E-state index is -1.63. The van der Waals surface area contributed by atoms with Gasteiger partial charge in [0.15, 0.2) is 5.60 Å². The smallest absolute Gasteiger partial charge is 0.265 e. The van der Waals surface area contributed by atoms with Crippen molar-refractivity contribution in [2.24, 2.45) is 0 Å². The largest absolute Gasteiger partial charge is 0.490 e. The van der Waals surface area contributed by atoms with Gasteiger partial charge in [0.1, 0.15) is 5.75 Å². The van der Waals surface area contributed by atoms with Crippen LogP contribution >= 0.6 is 0 Å². The van der Waals surface area contributed by atoms with Crippen LogP contribution in [-0.2, 0) is 10.4 Å². The monoisotopic (exact) mass is 281 g/mol. The topological polar surface area (TPSA) is 58.6 Å². The Morgan fingerprint density at radius 3 is 2.52 bits per heavy atom. The van der Waals surface area contributed by atoms with Crippen LogP contribution in [0.4, 0.5) is 5.69 Å². The lowest BCUT2D eigenvalue weighted by atomic mass is 9.87. The zero-order valence-electron chi connectivity index (χ0n) is 11.4. The van der Waals surface area contributed by atoms with Crippen LogP contribution in [0, 0.1) is 0 Å². The molecule has 1 fully saturated rings. The molecular weight excluding hydrogens is 266 g/mol. The van der Waals surface area contributed by atoms with E-state index in [1.165, 1.54) is 0 Å². The molecule has 0 saturated heterocycles. The highest BCUT2D eigenvalue weighted by atomic mass is 16.5. The molecule has 4 heteroatoms. The average molecular weight is 281 g/mol. The van der Waals surface area contributed by atoms with E-state index in [1.54, 1.807) is 36.4 Å². The Labute approximate surface area is 122 Å². The van der Waals surface area contributed by atoms with Crippen LogP contribution < -0.4 is 10.1 Å². The van der Waals surface area contributed by atoms with Crippen molar-refractivity contribution in [3.8, 4) is 5.75 Å². The Morgan fingerprint density at radius 1 is 1.10 bits per heavy atom. The van der Waals surface area contributed by atoms with Gasteiger partial charge in [-0.3, -0.25) is 4.79 Å². The fourth-order valence-corrected chi connectivity index (χ4v) is 2.68. The molecule has 106 valence electrons. The number of rotatable bonds is 3. The van der Waals surface area contributed by atoms with Gasteiger partial charge in [-0.1, -0.05) is 30.3 Å². The highest BCUT2D eigenvalue weighted by molar-refractivity contribution is 6.07. The van der Waals surface area contributed by atoms with Gasteiger partial charge in [0.2, 0.25) is 0 Å². The quantitative estimate of drug-likeness (QED) is 0.908. The van der Waals surface area contributed by atoms with Crippen molar-refractivity contribution in [1.82, 2.24) is 0 Å². The molecule has 4 nitrogen and oxygen atoms in total. The molecule has 0 bridgehead atoms. The number of carbonyl (C=O) groups is 1. The van der Waals surface area contributed by atoms with E-state index in [-0.39, 0.29) is 0 Å². The van der Waals surface area contributed by atoms with E-state index in [4.69, 9.17) is 4.74 Å². The summed E-state index contributed by atoms with van der Waals surface area (Å²) in [5.74, 6) is 0.358. The van der Waals surface area contributed by atoms with Gasteiger partial charge in [0, 0.05) is 11.3 Å². The molecule has 0 aromatic heterocycles. The number of carbonyl (C=O) groups excluding carboxylic acids is 1. The first-order chi connectivity index (χ1) is 10.2. The highest BCUT2D eigenvalue weighted by Crippen LogP contribution is 2.41. The van der Waals surface area contributed by atoms with Gasteiger partial charge in [0.25, 0.3) is 5.91 Å². The Bertz CT molecular complexity index is 706. The van der Waals surface area contributed by atoms with Crippen LogP contribution in [0.25, 0.3) is 0 Å². The highest BCUT2D eigenvalue weighted by Gasteiger charge is 2.46. The van der Waals surface area contributed by atoms with Crippen molar-refractivity contribution in [2.45, 2.75) is 24.5 Å². The van der Waals surface area contributed by atoms with Crippen LogP contribution in [0.15, 0.2) is 48.5 Å². The zero-order valence-corrected chi connectivity index (χ0v) is 11.4. The molecule has 2 aliphatic rings. The molecule has 1 aliphatic carbocycles. The zero-order chi connectivity index (χ0) is 14.4. The second-order valence-corrected chi connectivity index (χ2v) is 5.55. The van der Waals surface area contributed by atoms with E-state index >= 15 is 0 Å². The van der Waals surface area contributed by atoms with Gasteiger partial charge in [-0.15, -0.1) is 0 Å². The molecule has 1 unspecified atom stereocenters. The normalized spacial score (nSPS) is 23.6. The maximum atomic E-state index is 12.2. The number of nitrogens with one attached hydrogen (secondary N) is 1. The summed E-state index contributed by atoms with van der Waals surface area (Å²) in [6, 6.07) is 14.3. The number of hydrogen-bond acceptors (Lipinski definition) is 3. The summed E-state index contributed by atoms with van der Waals surface area (Å²) in [4.78, 5) is 12.2. The first-order valence-corrected chi connectivity index (χ1v) is 7.08. The Kier molecular flexibility index (Phi) is 2.56. The van der Waals surface area contributed by atoms with E-state index in [1.807, 2.05) is 12.1 Å². The number of hydrogen-bond donors (Lipinski definition) is 2. The van der Waals surface area contributed by atoms with E-state index in [9.17, 15) is 9.90 Å². The van der Waals surface area contributed by atoms with Gasteiger partial charge >= 0.3 is 0 Å². The Morgan fingerprint density at radius 2 is 1.81 bits per heavy atom. The lowest BCUT2D eigenvalue weighted by Crippen LogP contribution is -2.35. The van der Waals surface area contributed by atoms with Crippen molar-refractivity contribution < 1.29 is 14.6 Å². The van der Waals surface area contributed by atoms with Crippen LogP contribution in [0.2, 0.25) is 0 Å². The molecule has 1 aliphatic heterocycles. The molecule has 21 heavy (non-hydrogen) atoms. The molecule has 2 aromatic carbocycles. The fourth-order valence-electron chi connectivity index (χ4n) is 2.68. The van der Waals surface area contributed by atoms with Crippen LogP contribution in [0.5, 0.6) is 5.75 Å². The molecular formula is C17H15NO3. The summed E-state index contributed by atoms with van der Waals surface area (Å²) >= 11 is 0. The first kappa shape index (κ1) is 12.4. The van der Waals surface area contributed by atoms with Crippen LogP contribution in [0.1, 0.15) is 24.0 Å². The van der Waals surface area contributed by atoms with Crippen molar-refractivity contribution in [2.75, 3.05) is 5.32 Å². The molecule has 2 aromatic rings. The Balaban J connectivity index is 1.72. The molecule has 2 N–H and O–H groups in total. The predicted molar refractivity (Wildman–Crippen MR) is 78.2 cm³/mol. The number of para-hydroxylation sites is 1. The van der Waals surface area contributed by atoms with E-state index < -0.39 is 11.5 Å². The summed E-state index contributed by atoms with van der Waals surface area (Å²) < 4.78 is 5.69. The minimum absolute atomic E-state index is 0.328. The fraction of sp³-hybridized carbons (Fsp3) is 0.235. The number of amides is 1. The van der Waals surface area contributed by atoms with Gasteiger partial charge in [-0.25, -0.2) is 0 Å². The van der Waals surface area contributed by atoms with Gasteiger partial charge in [-0.05, 0) is 36.6 Å². The standard InChI is InChI=1S/C17H15NO3/c19-16-17(20,14-3-1-2-4-15(14)18-16)11-5-7-12(8-6-11)21-13-9-10-13/h1-8,13,20H,9-10H2,(H,18,19). The lowest BCUT2D eigenvalue weighted by Gasteiger charge is -2.21. The number of benzene rings is 2. The third-order valence-electron chi connectivity index (χ3n) is 3.99. The number of fused-ring (bicyclic) bond motifs is 1. The minimum Gasteiger partial charge on any atom is -0.490 e. The summed E-state index contributed by atoms with van der Waals surface area (Å²) in [6.07, 6.45) is 2.53. The summed E-state index contributed by atoms with van der Waals surface area (Å²) in [5, 5.41) is 13.6. The molecule has 4 rings (SSSR count). The molecule has 1 atom stereocenters. The Hall–Kier alpha value is -2.33. The third-order valence-corrected chi connectivity index (χ3v) is 3.99. The average Bonchev–Trinajstić information content (AvgIpc) is 3.27. The molecule has 1 saturated carbocycles. The summed E-state index contributed by atoms with van der Waals surface area (Å²) in [5.41, 5.74) is 0.164. The predicted octanol–water partition coefficient (Wildman–Crippen LogP) is 2.42. The van der Waals surface area contributed by atoms with Crippen molar-refractivity contribution in [3.05, 3.63) is 59.7 Å². The maximum absolute atomic E-state index is 12.2. The van der Waals surface area contributed by atoms with Gasteiger partial charge in [-0.2, -0.15) is 0 Å². The van der Waals surface area contributed by atoms with E-state index in [0.717, 1.165) is 18.6 Å².